The summed E-state index contributed by atoms with van der Waals surface area (Å²) in [5.74, 6) is 0.0222. The quantitative estimate of drug-likeness (QED) is 0.0926. The third kappa shape index (κ3) is 20.1. The molecule has 0 bridgehead atoms. The van der Waals surface area contributed by atoms with Crippen molar-refractivity contribution in [2.45, 2.75) is 135 Å². The number of thioether (sulfide) groups is 2. The maximum Gasteiger partial charge on any atom is 0.233 e. The minimum absolute atomic E-state index is 0.0150. The van der Waals surface area contributed by atoms with Crippen molar-refractivity contribution in [2.75, 3.05) is 12.4 Å². The number of thiocarbonyl (C=S) groups is 1. The van der Waals surface area contributed by atoms with Crippen molar-refractivity contribution in [3.63, 3.8) is 0 Å². The van der Waals surface area contributed by atoms with Gasteiger partial charge < -0.3 is 15.7 Å². The lowest BCUT2D eigenvalue weighted by Gasteiger charge is -2.25. The molecule has 220 valence electrons. The number of nitriles is 1. The number of carbonyl (C=O) groups excluding carboxylic acids is 2. The molecule has 3 N–H and O–H groups in total. The van der Waals surface area contributed by atoms with Crippen LogP contribution in [0.2, 0.25) is 0 Å². The minimum atomic E-state index is -0.484. The van der Waals surface area contributed by atoms with Crippen LogP contribution < -0.4 is 10.6 Å². The number of hydrogen-bond donors (Lipinski definition) is 3. The molecule has 0 radical (unpaired) electrons. The normalized spacial score (nSPS) is 14.4. The van der Waals surface area contributed by atoms with Gasteiger partial charge in [0, 0.05) is 23.9 Å². The predicted octanol–water partition coefficient (Wildman–Crippen LogP) is 6.99. The standard InChI is InChI=1S/C29H53N3O3S3/c1-6-7-8-9-10-11-12-13-14-15-18-37-29(36)38-26(28(35)31-22(2)3)19-25(17-16-23(4)20-30)27(34)32-24(5)21-33/h22-26,33H,6-19,21H2,1-5H3,(H,31,35)(H,32,34). The first-order valence-corrected chi connectivity index (χ1v) is 16.9. The second-order valence-electron chi connectivity index (χ2n) is 10.7. The van der Waals surface area contributed by atoms with Crippen molar-refractivity contribution < 1.29 is 14.7 Å². The number of hydrogen-bond acceptors (Lipinski definition) is 7. The molecule has 0 aromatic carbocycles. The third-order valence-electron chi connectivity index (χ3n) is 6.38. The Hall–Kier alpha value is -0.820. The first-order chi connectivity index (χ1) is 18.1. The SMILES string of the molecule is CCCCCCCCCCCCSC(=S)SC(CC(CCC(C)C#N)C(=O)NC(C)CO)C(=O)NC(C)C. The van der Waals surface area contributed by atoms with Gasteiger partial charge in [0.15, 0.2) is 0 Å². The Bertz CT molecular complexity index is 700. The first kappa shape index (κ1) is 37.2. The Balaban J connectivity index is 4.84. The summed E-state index contributed by atoms with van der Waals surface area (Å²) >= 11 is 8.64. The zero-order valence-electron chi connectivity index (χ0n) is 24.4. The van der Waals surface area contributed by atoms with Gasteiger partial charge in [-0.05, 0) is 59.1 Å². The molecule has 0 spiro atoms. The number of rotatable bonds is 22. The Morgan fingerprint density at radius 3 is 2.00 bits per heavy atom. The fraction of sp³-hybridized carbons (Fsp3) is 0.862. The number of unbranched alkanes of at least 4 members (excludes halogenated alkanes) is 9. The molecule has 0 fully saturated rings. The van der Waals surface area contributed by atoms with E-state index in [1.807, 2.05) is 20.8 Å². The van der Waals surface area contributed by atoms with E-state index in [2.05, 4.69) is 23.6 Å². The highest BCUT2D eigenvalue weighted by Gasteiger charge is 2.30. The van der Waals surface area contributed by atoms with Gasteiger partial charge in [-0.15, -0.1) is 11.8 Å². The molecule has 0 saturated carbocycles. The van der Waals surface area contributed by atoms with E-state index in [0.717, 1.165) is 15.7 Å². The van der Waals surface area contributed by atoms with E-state index < -0.39 is 11.2 Å². The third-order valence-corrected chi connectivity index (χ3v) is 9.28. The highest BCUT2D eigenvalue weighted by atomic mass is 32.2. The molecule has 9 heteroatoms. The number of aliphatic hydroxyl groups excluding tert-OH is 1. The second-order valence-corrected chi connectivity index (χ2v) is 14.2. The van der Waals surface area contributed by atoms with Gasteiger partial charge in [-0.25, -0.2) is 0 Å². The van der Waals surface area contributed by atoms with E-state index in [1.165, 1.54) is 69.5 Å². The Morgan fingerprint density at radius 1 is 0.895 bits per heavy atom. The molecule has 0 aliphatic carbocycles. The van der Waals surface area contributed by atoms with E-state index in [9.17, 15) is 20.0 Å². The molecule has 0 aliphatic rings. The van der Waals surface area contributed by atoms with E-state index in [1.54, 1.807) is 18.7 Å². The van der Waals surface area contributed by atoms with E-state index in [-0.39, 0.29) is 36.4 Å². The molecular formula is C29H53N3O3S3. The lowest BCUT2D eigenvalue weighted by atomic mass is 9.92. The maximum absolute atomic E-state index is 13.1. The highest BCUT2D eigenvalue weighted by molar-refractivity contribution is 8.47. The van der Waals surface area contributed by atoms with Crippen molar-refractivity contribution in [1.29, 1.82) is 5.26 Å². The van der Waals surface area contributed by atoms with Gasteiger partial charge in [-0.3, -0.25) is 9.59 Å². The van der Waals surface area contributed by atoms with Gasteiger partial charge in [-0.2, -0.15) is 5.26 Å². The van der Waals surface area contributed by atoms with Crippen molar-refractivity contribution >= 4 is 51.1 Å². The van der Waals surface area contributed by atoms with Crippen LogP contribution in [-0.2, 0) is 9.59 Å². The van der Waals surface area contributed by atoms with Crippen LogP contribution in [0, 0.1) is 23.2 Å². The van der Waals surface area contributed by atoms with Crippen LogP contribution in [0.4, 0.5) is 0 Å². The Kier molecular flexibility index (Phi) is 23.5. The number of nitrogens with one attached hydrogen (secondary N) is 2. The summed E-state index contributed by atoms with van der Waals surface area (Å²) in [5, 5.41) is 23.9. The molecule has 38 heavy (non-hydrogen) atoms. The monoisotopic (exact) mass is 587 g/mol. The van der Waals surface area contributed by atoms with Crippen LogP contribution in [-0.4, -0.2) is 50.1 Å². The average molecular weight is 588 g/mol. The molecule has 0 saturated heterocycles. The van der Waals surface area contributed by atoms with Gasteiger partial charge in [0.1, 0.15) is 3.53 Å². The van der Waals surface area contributed by atoms with Crippen LogP contribution >= 0.6 is 35.7 Å². The van der Waals surface area contributed by atoms with Crippen molar-refractivity contribution in [3.05, 3.63) is 0 Å². The largest absolute Gasteiger partial charge is 0.394 e. The van der Waals surface area contributed by atoms with Gasteiger partial charge in [-0.1, -0.05) is 88.7 Å². The van der Waals surface area contributed by atoms with Crippen LogP contribution in [0.3, 0.4) is 0 Å². The summed E-state index contributed by atoms with van der Waals surface area (Å²) < 4.78 is 0.734. The van der Waals surface area contributed by atoms with Crippen molar-refractivity contribution in [3.8, 4) is 6.07 Å². The molecule has 0 rings (SSSR count). The zero-order chi connectivity index (χ0) is 28.8. The zero-order valence-corrected chi connectivity index (χ0v) is 26.9. The summed E-state index contributed by atoms with van der Waals surface area (Å²) in [6, 6.07) is 1.84. The number of amides is 2. The molecule has 4 unspecified atom stereocenters. The van der Waals surface area contributed by atoms with Crippen LogP contribution in [0.15, 0.2) is 0 Å². The van der Waals surface area contributed by atoms with Crippen LogP contribution in [0.25, 0.3) is 0 Å². The van der Waals surface area contributed by atoms with Crippen molar-refractivity contribution in [1.82, 2.24) is 10.6 Å². The molecule has 0 aliphatic heterocycles. The summed E-state index contributed by atoms with van der Waals surface area (Å²) in [7, 11) is 0. The topological polar surface area (TPSA) is 102 Å². The van der Waals surface area contributed by atoms with Crippen LogP contribution in [0.1, 0.15) is 118 Å². The highest BCUT2D eigenvalue weighted by Crippen LogP contribution is 2.30. The van der Waals surface area contributed by atoms with E-state index >= 15 is 0 Å². The average Bonchev–Trinajstić information content (AvgIpc) is 2.87. The molecule has 0 heterocycles. The molecule has 0 aromatic rings. The molecule has 6 nitrogen and oxygen atoms in total. The van der Waals surface area contributed by atoms with E-state index in [4.69, 9.17) is 12.2 Å². The molecule has 0 aromatic heterocycles. The number of carbonyl (C=O) groups is 2. The maximum atomic E-state index is 13.1. The summed E-state index contributed by atoms with van der Waals surface area (Å²) in [6.07, 6.45) is 14.3. The number of nitrogens with zero attached hydrogens (tertiary/aromatic N) is 1. The summed E-state index contributed by atoms with van der Waals surface area (Å²) in [6.45, 7) is 9.50. The Labute approximate surface area is 246 Å². The predicted molar refractivity (Wildman–Crippen MR) is 168 cm³/mol. The van der Waals surface area contributed by atoms with Gasteiger partial charge >= 0.3 is 0 Å². The van der Waals surface area contributed by atoms with Crippen molar-refractivity contribution in [2.24, 2.45) is 11.8 Å². The summed E-state index contributed by atoms with van der Waals surface area (Å²) in [4.78, 5) is 26.0. The smallest absolute Gasteiger partial charge is 0.233 e. The van der Waals surface area contributed by atoms with Gasteiger partial charge in [0.25, 0.3) is 0 Å². The number of aliphatic hydroxyl groups is 1. The minimum Gasteiger partial charge on any atom is -0.394 e. The first-order valence-electron chi connectivity index (χ1n) is 14.6. The van der Waals surface area contributed by atoms with Gasteiger partial charge in [0.05, 0.1) is 17.9 Å². The molecular weight excluding hydrogens is 535 g/mol. The van der Waals surface area contributed by atoms with Crippen LogP contribution in [0.5, 0.6) is 0 Å². The molecule has 4 atom stereocenters. The lowest BCUT2D eigenvalue weighted by Crippen LogP contribution is -2.43. The van der Waals surface area contributed by atoms with Gasteiger partial charge in [0.2, 0.25) is 11.8 Å². The second kappa shape index (κ2) is 24.0. The fourth-order valence-corrected chi connectivity index (χ4v) is 6.74. The fourth-order valence-electron chi connectivity index (χ4n) is 4.02. The molecule has 2 amide bonds. The summed E-state index contributed by atoms with van der Waals surface area (Å²) in [5.41, 5.74) is 0. The Morgan fingerprint density at radius 2 is 1.47 bits per heavy atom. The van der Waals surface area contributed by atoms with E-state index in [0.29, 0.717) is 19.3 Å². The lowest BCUT2D eigenvalue weighted by molar-refractivity contribution is -0.127.